The van der Waals surface area contributed by atoms with Crippen LogP contribution in [0.25, 0.3) is 6.08 Å². The highest BCUT2D eigenvalue weighted by Gasteiger charge is 2.23. The van der Waals surface area contributed by atoms with Gasteiger partial charge in [0, 0.05) is 30.4 Å². The van der Waals surface area contributed by atoms with Crippen LogP contribution in [0.3, 0.4) is 0 Å². The third-order valence-corrected chi connectivity index (χ3v) is 4.60. The van der Waals surface area contributed by atoms with Gasteiger partial charge in [-0.1, -0.05) is 29.8 Å². The van der Waals surface area contributed by atoms with Crippen molar-refractivity contribution in [2.75, 3.05) is 18.9 Å². The van der Waals surface area contributed by atoms with Gasteiger partial charge >= 0.3 is 0 Å². The van der Waals surface area contributed by atoms with Crippen LogP contribution in [-0.2, 0) is 9.59 Å². The minimum Gasteiger partial charge on any atom is -0.349 e. The molecule has 0 bridgehead atoms. The van der Waals surface area contributed by atoms with Crippen LogP contribution in [-0.4, -0.2) is 42.3 Å². The molecule has 1 aliphatic carbocycles. The van der Waals surface area contributed by atoms with Crippen LogP contribution in [0.5, 0.6) is 0 Å². The van der Waals surface area contributed by atoms with Crippen molar-refractivity contribution in [3.8, 4) is 0 Å². The molecule has 0 heterocycles. The molecule has 1 saturated carbocycles. The Morgan fingerprint density at radius 3 is 2.31 bits per heavy atom. The van der Waals surface area contributed by atoms with E-state index in [1.54, 1.807) is 37.4 Å². The van der Waals surface area contributed by atoms with E-state index in [0.29, 0.717) is 17.3 Å². The van der Waals surface area contributed by atoms with Gasteiger partial charge in [-0.15, -0.1) is 0 Å². The zero-order valence-electron chi connectivity index (χ0n) is 16.6. The lowest BCUT2D eigenvalue weighted by Gasteiger charge is -2.15. The summed E-state index contributed by atoms with van der Waals surface area (Å²) in [7, 11) is 1.58. The smallest absolute Gasteiger partial charge is 0.251 e. The van der Waals surface area contributed by atoms with Gasteiger partial charge in [-0.25, -0.2) is 0 Å². The van der Waals surface area contributed by atoms with Crippen molar-refractivity contribution in [1.82, 2.24) is 10.2 Å². The van der Waals surface area contributed by atoms with E-state index < -0.39 is 0 Å². The lowest BCUT2D eigenvalue weighted by Crippen LogP contribution is -2.33. The van der Waals surface area contributed by atoms with Crippen LogP contribution in [0.2, 0.25) is 0 Å². The predicted octanol–water partition coefficient (Wildman–Crippen LogP) is 3.00. The Morgan fingerprint density at radius 1 is 1.03 bits per heavy atom. The van der Waals surface area contributed by atoms with Crippen LogP contribution in [0.15, 0.2) is 54.6 Å². The normalized spacial score (nSPS) is 13.2. The van der Waals surface area contributed by atoms with Crippen molar-refractivity contribution in [3.05, 3.63) is 71.3 Å². The summed E-state index contributed by atoms with van der Waals surface area (Å²) in [5.74, 6) is -0.609. The molecule has 0 spiro atoms. The Kier molecular flexibility index (Phi) is 6.44. The van der Waals surface area contributed by atoms with Crippen molar-refractivity contribution in [2.45, 2.75) is 25.8 Å². The second-order valence-corrected chi connectivity index (χ2v) is 7.31. The summed E-state index contributed by atoms with van der Waals surface area (Å²) in [4.78, 5) is 37.7. The lowest BCUT2D eigenvalue weighted by molar-refractivity contribution is -0.129. The van der Waals surface area contributed by atoms with Crippen molar-refractivity contribution in [3.63, 3.8) is 0 Å². The molecule has 3 rings (SSSR count). The van der Waals surface area contributed by atoms with Gasteiger partial charge in [0.15, 0.2) is 0 Å². The first kappa shape index (κ1) is 20.3. The average Bonchev–Trinajstić information content (AvgIpc) is 3.52. The molecule has 6 heteroatoms. The fourth-order valence-electron chi connectivity index (χ4n) is 2.67. The molecule has 0 aromatic heterocycles. The number of hydrogen-bond acceptors (Lipinski definition) is 3. The molecule has 3 amide bonds. The SMILES string of the molecule is Cc1ccc(NC(=O)CN(C)C(=O)/C=C/c2ccc(C(=O)NC3CC3)cc2)cc1. The molecule has 0 atom stereocenters. The predicted molar refractivity (Wildman–Crippen MR) is 113 cm³/mol. The Hall–Kier alpha value is -3.41. The molecule has 29 heavy (non-hydrogen) atoms. The topological polar surface area (TPSA) is 78.5 Å². The number of anilines is 1. The third kappa shape index (κ3) is 6.31. The summed E-state index contributed by atoms with van der Waals surface area (Å²) < 4.78 is 0. The highest BCUT2D eigenvalue weighted by atomic mass is 16.2. The van der Waals surface area contributed by atoms with Crippen LogP contribution >= 0.6 is 0 Å². The number of likely N-dealkylation sites (N-methyl/N-ethyl adjacent to an activating group) is 1. The minimum atomic E-state index is -0.278. The number of carbonyl (C=O) groups is 3. The van der Waals surface area contributed by atoms with Gasteiger partial charge in [0.2, 0.25) is 11.8 Å². The molecular weight excluding hydrogens is 366 g/mol. The van der Waals surface area contributed by atoms with Crippen molar-refractivity contribution >= 4 is 29.5 Å². The molecule has 1 fully saturated rings. The van der Waals surface area contributed by atoms with Gasteiger partial charge < -0.3 is 15.5 Å². The zero-order chi connectivity index (χ0) is 20.8. The Morgan fingerprint density at radius 2 is 1.69 bits per heavy atom. The van der Waals surface area contributed by atoms with Crippen molar-refractivity contribution in [2.24, 2.45) is 0 Å². The zero-order valence-corrected chi connectivity index (χ0v) is 16.6. The number of rotatable bonds is 7. The van der Waals surface area contributed by atoms with E-state index in [1.165, 1.54) is 11.0 Å². The summed E-state index contributed by atoms with van der Waals surface area (Å²) in [6.45, 7) is 1.93. The Balaban J connectivity index is 1.49. The number of nitrogens with zero attached hydrogens (tertiary/aromatic N) is 1. The maximum absolute atomic E-state index is 12.2. The molecule has 1 aliphatic rings. The second-order valence-electron chi connectivity index (χ2n) is 7.31. The van der Waals surface area contributed by atoms with E-state index in [2.05, 4.69) is 10.6 Å². The fraction of sp³-hybridized carbons (Fsp3) is 0.261. The van der Waals surface area contributed by atoms with Crippen molar-refractivity contribution in [1.29, 1.82) is 0 Å². The third-order valence-electron chi connectivity index (χ3n) is 4.60. The molecule has 2 aromatic carbocycles. The lowest BCUT2D eigenvalue weighted by atomic mass is 10.1. The summed E-state index contributed by atoms with van der Waals surface area (Å²) in [5.41, 5.74) is 3.21. The highest BCUT2D eigenvalue weighted by Crippen LogP contribution is 2.19. The van der Waals surface area contributed by atoms with Gasteiger partial charge in [-0.05, 0) is 55.7 Å². The van der Waals surface area contributed by atoms with Crippen LogP contribution in [0.4, 0.5) is 5.69 Å². The molecule has 0 aliphatic heterocycles. The molecule has 2 N–H and O–H groups in total. The van der Waals surface area contributed by atoms with Crippen LogP contribution in [0, 0.1) is 6.92 Å². The van der Waals surface area contributed by atoms with Gasteiger partial charge in [0.1, 0.15) is 0 Å². The number of aryl methyl sites for hydroxylation is 1. The summed E-state index contributed by atoms with van der Waals surface area (Å²) in [5, 5.41) is 5.71. The number of hydrogen-bond donors (Lipinski definition) is 2. The van der Waals surface area contributed by atoms with E-state index in [4.69, 9.17) is 0 Å². The Bertz CT molecular complexity index is 913. The minimum absolute atomic E-state index is 0.0443. The largest absolute Gasteiger partial charge is 0.349 e. The first-order valence-corrected chi connectivity index (χ1v) is 9.61. The van der Waals surface area contributed by atoms with Crippen molar-refractivity contribution < 1.29 is 14.4 Å². The quantitative estimate of drug-likeness (QED) is 0.712. The first-order valence-electron chi connectivity index (χ1n) is 9.61. The Labute approximate surface area is 170 Å². The number of benzene rings is 2. The standard InChI is InChI=1S/C23H25N3O3/c1-16-3-10-19(11-4-16)24-21(27)15-26(2)22(28)14-7-17-5-8-18(9-6-17)23(29)25-20-12-13-20/h3-11,14,20H,12-13,15H2,1-2H3,(H,24,27)(H,25,29)/b14-7+. The maximum atomic E-state index is 12.2. The molecule has 6 nitrogen and oxygen atoms in total. The number of amides is 3. The molecule has 0 unspecified atom stereocenters. The fourth-order valence-corrected chi connectivity index (χ4v) is 2.67. The van der Waals surface area contributed by atoms with E-state index in [0.717, 1.165) is 24.0 Å². The first-order chi connectivity index (χ1) is 13.9. The van der Waals surface area contributed by atoms with E-state index in [-0.39, 0.29) is 24.3 Å². The number of nitrogens with one attached hydrogen (secondary N) is 2. The van der Waals surface area contributed by atoms with E-state index in [9.17, 15) is 14.4 Å². The van der Waals surface area contributed by atoms with Gasteiger partial charge in [-0.3, -0.25) is 14.4 Å². The average molecular weight is 391 g/mol. The van der Waals surface area contributed by atoms with Gasteiger partial charge in [-0.2, -0.15) is 0 Å². The maximum Gasteiger partial charge on any atom is 0.251 e. The molecular formula is C23H25N3O3. The molecule has 0 saturated heterocycles. The van der Waals surface area contributed by atoms with Gasteiger partial charge in [0.25, 0.3) is 5.91 Å². The second kappa shape index (κ2) is 9.19. The van der Waals surface area contributed by atoms with Crippen LogP contribution < -0.4 is 10.6 Å². The summed E-state index contributed by atoms with van der Waals surface area (Å²) in [6.07, 6.45) is 5.17. The number of carbonyl (C=O) groups excluding carboxylic acids is 3. The molecule has 150 valence electrons. The highest BCUT2D eigenvalue weighted by molar-refractivity contribution is 5.98. The van der Waals surface area contributed by atoms with E-state index >= 15 is 0 Å². The molecule has 2 aromatic rings. The van der Waals surface area contributed by atoms with Gasteiger partial charge in [0.05, 0.1) is 6.54 Å². The van der Waals surface area contributed by atoms with Crippen LogP contribution in [0.1, 0.15) is 34.3 Å². The molecule has 0 radical (unpaired) electrons. The van der Waals surface area contributed by atoms with E-state index in [1.807, 2.05) is 31.2 Å². The summed E-state index contributed by atoms with van der Waals surface area (Å²) >= 11 is 0. The monoisotopic (exact) mass is 391 g/mol. The summed E-state index contributed by atoms with van der Waals surface area (Å²) in [6, 6.07) is 14.8.